The van der Waals surface area contributed by atoms with Crippen LogP contribution >= 0.6 is 0 Å². The first-order valence-electron chi connectivity index (χ1n) is 9.62. The van der Waals surface area contributed by atoms with Gasteiger partial charge in [-0.3, -0.25) is 9.59 Å². The summed E-state index contributed by atoms with van der Waals surface area (Å²) in [6.45, 7) is 8.72. The van der Waals surface area contributed by atoms with Gasteiger partial charge in [0.15, 0.2) is 0 Å². The fraction of sp³-hybridized carbons (Fsp3) is 0.455. The first kappa shape index (κ1) is 19.2. The molecule has 1 aromatic heterocycles. The Labute approximate surface area is 161 Å². The molecule has 1 aliphatic rings. The molecular weight excluding hydrogens is 338 g/mol. The maximum absolute atomic E-state index is 12.8. The second-order valence-electron chi connectivity index (χ2n) is 7.52. The van der Waals surface area contributed by atoms with E-state index in [1.54, 1.807) is 0 Å². The Hall–Kier alpha value is -2.56. The van der Waals surface area contributed by atoms with Crippen molar-refractivity contribution in [3.8, 4) is 0 Å². The first-order chi connectivity index (χ1) is 12.9. The number of hydrogen-bond donors (Lipinski definition) is 0. The topological polar surface area (TPSA) is 45.6 Å². The standard InChI is InChI=1S/C22H29N3O2/c1-16-6-8-19(9-7-16)22(27)25-11-5-10-24(12-13-25)21(26)15-20-14-17(2)23(4)18(20)3/h6-9,14H,5,10-13,15H2,1-4H3. The van der Waals surface area contributed by atoms with Crippen LogP contribution in [0.15, 0.2) is 30.3 Å². The highest BCUT2D eigenvalue weighted by molar-refractivity contribution is 5.94. The first-order valence-corrected chi connectivity index (χ1v) is 9.62. The molecule has 0 atom stereocenters. The average molecular weight is 367 g/mol. The van der Waals surface area contributed by atoms with Gasteiger partial charge in [0.25, 0.3) is 5.91 Å². The van der Waals surface area contributed by atoms with Crippen molar-refractivity contribution < 1.29 is 9.59 Å². The molecule has 0 N–H and O–H groups in total. The van der Waals surface area contributed by atoms with Crippen LogP contribution in [0.2, 0.25) is 0 Å². The Kier molecular flexibility index (Phi) is 5.68. The number of aryl methyl sites for hydroxylation is 2. The zero-order valence-electron chi connectivity index (χ0n) is 16.8. The number of hydrogen-bond acceptors (Lipinski definition) is 2. The third kappa shape index (κ3) is 4.24. The van der Waals surface area contributed by atoms with Gasteiger partial charge in [-0.05, 0) is 51.0 Å². The molecular formula is C22H29N3O2. The van der Waals surface area contributed by atoms with Crippen molar-refractivity contribution in [2.45, 2.75) is 33.6 Å². The van der Waals surface area contributed by atoms with Crippen molar-refractivity contribution in [1.29, 1.82) is 0 Å². The molecule has 0 unspecified atom stereocenters. The van der Waals surface area contributed by atoms with Crippen LogP contribution < -0.4 is 0 Å². The minimum atomic E-state index is 0.0545. The van der Waals surface area contributed by atoms with E-state index in [0.717, 1.165) is 28.8 Å². The lowest BCUT2D eigenvalue weighted by atomic mass is 10.1. The van der Waals surface area contributed by atoms with Crippen molar-refractivity contribution in [3.05, 3.63) is 58.4 Å². The summed E-state index contributed by atoms with van der Waals surface area (Å²) < 4.78 is 2.12. The molecule has 5 heteroatoms. The Morgan fingerprint density at radius 3 is 2.19 bits per heavy atom. The van der Waals surface area contributed by atoms with Crippen LogP contribution in [-0.4, -0.2) is 52.4 Å². The molecule has 27 heavy (non-hydrogen) atoms. The molecule has 5 nitrogen and oxygen atoms in total. The highest BCUT2D eigenvalue weighted by atomic mass is 16.2. The van der Waals surface area contributed by atoms with Gasteiger partial charge in [0.05, 0.1) is 6.42 Å². The van der Waals surface area contributed by atoms with E-state index in [0.29, 0.717) is 32.6 Å². The van der Waals surface area contributed by atoms with Crippen LogP contribution in [-0.2, 0) is 18.3 Å². The highest BCUT2D eigenvalue weighted by Crippen LogP contribution is 2.16. The van der Waals surface area contributed by atoms with Gasteiger partial charge in [0.1, 0.15) is 0 Å². The number of benzene rings is 1. The quantitative estimate of drug-likeness (QED) is 0.837. The summed E-state index contributed by atoms with van der Waals surface area (Å²) >= 11 is 0. The molecule has 2 amide bonds. The van der Waals surface area contributed by atoms with Crippen molar-refractivity contribution >= 4 is 11.8 Å². The molecule has 1 saturated heterocycles. The van der Waals surface area contributed by atoms with E-state index < -0.39 is 0 Å². The van der Waals surface area contributed by atoms with Gasteiger partial charge in [-0.1, -0.05) is 17.7 Å². The van der Waals surface area contributed by atoms with Crippen LogP contribution in [0.5, 0.6) is 0 Å². The molecule has 2 heterocycles. The minimum absolute atomic E-state index is 0.0545. The van der Waals surface area contributed by atoms with Crippen LogP contribution in [0.1, 0.15) is 39.3 Å². The molecule has 0 radical (unpaired) electrons. The molecule has 0 bridgehead atoms. The zero-order valence-corrected chi connectivity index (χ0v) is 16.8. The van der Waals surface area contributed by atoms with Gasteiger partial charge in [0.2, 0.25) is 5.91 Å². The largest absolute Gasteiger partial charge is 0.352 e. The maximum atomic E-state index is 12.8. The lowest BCUT2D eigenvalue weighted by Gasteiger charge is -2.22. The summed E-state index contributed by atoms with van der Waals surface area (Å²) in [5, 5.41) is 0. The highest BCUT2D eigenvalue weighted by Gasteiger charge is 2.23. The normalized spacial score (nSPS) is 15.0. The predicted octanol–water partition coefficient (Wildman–Crippen LogP) is 2.87. The number of amides is 2. The summed E-state index contributed by atoms with van der Waals surface area (Å²) in [5.41, 5.74) is 5.27. The SMILES string of the molecule is Cc1ccc(C(=O)N2CCCN(C(=O)Cc3cc(C)n(C)c3C)CC2)cc1. The molecule has 1 aromatic carbocycles. The summed E-state index contributed by atoms with van der Waals surface area (Å²) in [6.07, 6.45) is 1.25. The average Bonchev–Trinajstić information content (AvgIpc) is 2.86. The zero-order chi connectivity index (χ0) is 19.6. The molecule has 144 valence electrons. The van der Waals surface area contributed by atoms with E-state index in [1.165, 1.54) is 5.69 Å². The van der Waals surface area contributed by atoms with E-state index in [1.807, 2.05) is 48.0 Å². The maximum Gasteiger partial charge on any atom is 0.253 e. The molecule has 0 saturated carbocycles. The van der Waals surface area contributed by atoms with Gasteiger partial charge in [0, 0.05) is 50.2 Å². The van der Waals surface area contributed by atoms with Crippen LogP contribution in [0.4, 0.5) is 0 Å². The lowest BCUT2D eigenvalue weighted by Crippen LogP contribution is -2.38. The second kappa shape index (κ2) is 7.99. The number of nitrogens with zero attached hydrogens (tertiary/aromatic N) is 3. The van der Waals surface area contributed by atoms with E-state index in [-0.39, 0.29) is 11.8 Å². The molecule has 2 aromatic rings. The van der Waals surface area contributed by atoms with E-state index in [4.69, 9.17) is 0 Å². The Bertz CT molecular complexity index is 836. The predicted molar refractivity (Wildman–Crippen MR) is 107 cm³/mol. The van der Waals surface area contributed by atoms with Crippen molar-refractivity contribution in [2.75, 3.05) is 26.2 Å². The smallest absolute Gasteiger partial charge is 0.253 e. The Morgan fingerprint density at radius 1 is 0.926 bits per heavy atom. The van der Waals surface area contributed by atoms with Gasteiger partial charge in [-0.2, -0.15) is 0 Å². The molecule has 3 rings (SSSR count). The number of rotatable bonds is 3. The minimum Gasteiger partial charge on any atom is -0.352 e. The summed E-state index contributed by atoms with van der Waals surface area (Å²) in [7, 11) is 2.03. The fourth-order valence-corrected chi connectivity index (χ4v) is 3.64. The van der Waals surface area contributed by atoms with E-state index in [9.17, 15) is 9.59 Å². The van der Waals surface area contributed by atoms with Gasteiger partial charge in [-0.15, -0.1) is 0 Å². The van der Waals surface area contributed by atoms with E-state index >= 15 is 0 Å². The molecule has 0 aliphatic carbocycles. The number of aromatic nitrogens is 1. The van der Waals surface area contributed by atoms with E-state index in [2.05, 4.69) is 24.5 Å². The van der Waals surface area contributed by atoms with Crippen molar-refractivity contribution in [3.63, 3.8) is 0 Å². The molecule has 1 fully saturated rings. The van der Waals surface area contributed by atoms with Crippen LogP contribution in [0, 0.1) is 20.8 Å². The van der Waals surface area contributed by atoms with Gasteiger partial charge in [-0.25, -0.2) is 0 Å². The third-order valence-corrected chi connectivity index (χ3v) is 5.66. The summed E-state index contributed by atoms with van der Waals surface area (Å²) in [6, 6.07) is 9.78. The monoisotopic (exact) mass is 367 g/mol. The Morgan fingerprint density at radius 2 is 1.56 bits per heavy atom. The third-order valence-electron chi connectivity index (χ3n) is 5.66. The number of carbonyl (C=O) groups excluding carboxylic acids is 2. The van der Waals surface area contributed by atoms with Gasteiger partial charge < -0.3 is 14.4 Å². The Balaban J connectivity index is 1.62. The second-order valence-corrected chi connectivity index (χ2v) is 7.52. The number of carbonyl (C=O) groups is 2. The van der Waals surface area contributed by atoms with Crippen molar-refractivity contribution in [2.24, 2.45) is 7.05 Å². The van der Waals surface area contributed by atoms with Crippen molar-refractivity contribution in [1.82, 2.24) is 14.4 Å². The summed E-state index contributed by atoms with van der Waals surface area (Å²) in [4.78, 5) is 29.3. The lowest BCUT2D eigenvalue weighted by molar-refractivity contribution is -0.130. The van der Waals surface area contributed by atoms with Crippen LogP contribution in [0.3, 0.4) is 0 Å². The summed E-state index contributed by atoms with van der Waals surface area (Å²) in [5.74, 6) is 0.201. The molecule has 1 aliphatic heterocycles. The van der Waals surface area contributed by atoms with Crippen LogP contribution in [0.25, 0.3) is 0 Å². The van der Waals surface area contributed by atoms with Gasteiger partial charge >= 0.3 is 0 Å². The fourth-order valence-electron chi connectivity index (χ4n) is 3.64. The molecule has 0 spiro atoms.